The lowest BCUT2D eigenvalue weighted by Crippen LogP contribution is -2.29. The van der Waals surface area contributed by atoms with Gasteiger partial charge in [-0.25, -0.2) is 9.57 Å². The molecule has 1 aliphatic carbocycles. The molecule has 53 heavy (non-hydrogen) atoms. The molecule has 0 radical (unpaired) electrons. The Morgan fingerprint density at radius 3 is 1.74 bits per heavy atom. The standard InChI is InChI=1S/C46H61N3O2S2/c1-6-10-13-14-15-16-17-18-19-26-33-48(9-4)46-38(36-29-24-21-25-30-36)37(35-27-22-20-23-28-35)43(52-46)39-41(50)40(42(39)51)44-47-34(5)45(53-44)49(31-11-7-2)32-12-8-3/h20-25,27-30H,6-19,26,31-33H2,1-5H3. The molecule has 0 spiro atoms. The Labute approximate surface area is 328 Å². The number of hydrogen-bond acceptors (Lipinski definition) is 6. The molecule has 284 valence electrons. The van der Waals surface area contributed by atoms with Gasteiger partial charge in [0.15, 0.2) is 5.78 Å². The maximum Gasteiger partial charge on any atom is 0.262 e. The van der Waals surface area contributed by atoms with Crippen LogP contribution in [0.15, 0.2) is 82.0 Å². The number of rotatable bonds is 22. The Morgan fingerprint density at radius 2 is 1.21 bits per heavy atom. The second kappa shape index (κ2) is 20.9. The van der Waals surface area contributed by atoms with Crippen molar-refractivity contribution in [3.05, 3.63) is 81.9 Å². The Bertz CT molecular complexity index is 1780. The Balaban J connectivity index is 1.50. The van der Waals surface area contributed by atoms with Crippen molar-refractivity contribution in [3.8, 4) is 22.3 Å². The predicted octanol–water partition coefficient (Wildman–Crippen LogP) is 11.9. The van der Waals surface area contributed by atoms with E-state index in [2.05, 4.69) is 73.6 Å². The number of unbranched alkanes of at least 4 members (excludes halogenated alkanes) is 11. The van der Waals surface area contributed by atoms with Crippen LogP contribution < -0.4 is 10.0 Å². The number of allylic oxidation sites excluding steroid dienone is 2. The van der Waals surface area contributed by atoms with Gasteiger partial charge < -0.3 is 10.0 Å². The maximum atomic E-state index is 14.3. The fourth-order valence-corrected chi connectivity index (χ4v) is 9.99. The largest absolute Gasteiger partial charge is 0.871 e. The molecule has 0 saturated heterocycles. The van der Waals surface area contributed by atoms with Crippen molar-refractivity contribution in [3.63, 3.8) is 0 Å². The minimum absolute atomic E-state index is 0.175. The van der Waals surface area contributed by atoms with Crippen molar-refractivity contribution in [2.45, 2.75) is 125 Å². The summed E-state index contributed by atoms with van der Waals surface area (Å²) in [7, 11) is 0. The third kappa shape index (κ3) is 10.0. The quantitative estimate of drug-likeness (QED) is 0.0583. The van der Waals surface area contributed by atoms with Gasteiger partial charge in [-0.2, -0.15) is 0 Å². The number of thiophene rings is 1. The van der Waals surface area contributed by atoms with E-state index < -0.39 is 0 Å². The van der Waals surface area contributed by atoms with E-state index in [0.717, 1.165) is 101 Å². The highest BCUT2D eigenvalue weighted by Crippen LogP contribution is 2.54. The summed E-state index contributed by atoms with van der Waals surface area (Å²) in [4.78, 5) is 22.4. The van der Waals surface area contributed by atoms with Crippen molar-refractivity contribution in [2.24, 2.45) is 4.99 Å². The monoisotopic (exact) mass is 751 g/mol. The molecule has 2 heterocycles. The number of Topliss-reactive ketones (excluding diaryl/α,β-unsaturated/α-hetero) is 1. The van der Waals surface area contributed by atoms with Gasteiger partial charge in [0.25, 0.3) is 5.04 Å². The second-order valence-corrected chi connectivity index (χ2v) is 16.5. The SMILES string of the molecule is CCCCCCCCCCCCN(CC)c1sc(C2=C([O-])/C(=C3\N=C(C)C(=[N+](CCCC)CCCC)S3)C2=O)c(-c2ccccc2)c1-c1ccccc1. The number of thioether (sulfide) groups is 1. The van der Waals surface area contributed by atoms with Gasteiger partial charge in [0.2, 0.25) is 0 Å². The number of ketones is 1. The smallest absolute Gasteiger partial charge is 0.262 e. The summed E-state index contributed by atoms with van der Waals surface area (Å²) in [5, 5.41) is 17.1. The summed E-state index contributed by atoms with van der Waals surface area (Å²) in [6, 6.07) is 20.8. The van der Waals surface area contributed by atoms with Crippen LogP contribution in [0.5, 0.6) is 0 Å². The maximum absolute atomic E-state index is 14.3. The highest BCUT2D eigenvalue weighted by Gasteiger charge is 2.39. The van der Waals surface area contributed by atoms with Gasteiger partial charge >= 0.3 is 0 Å². The number of carbonyl (C=O) groups is 1. The normalized spacial score (nSPS) is 15.7. The van der Waals surface area contributed by atoms with E-state index in [4.69, 9.17) is 4.99 Å². The lowest BCUT2D eigenvalue weighted by Gasteiger charge is -2.31. The molecule has 5 rings (SSSR count). The lowest BCUT2D eigenvalue weighted by molar-refractivity contribution is -0.524. The molecule has 1 aromatic heterocycles. The average Bonchev–Trinajstić information content (AvgIpc) is 3.74. The van der Waals surface area contributed by atoms with Crippen LogP contribution in [0.2, 0.25) is 0 Å². The van der Waals surface area contributed by atoms with Crippen molar-refractivity contribution in [2.75, 3.05) is 31.1 Å². The van der Waals surface area contributed by atoms with Gasteiger partial charge in [-0.1, -0.05) is 158 Å². The molecule has 5 nitrogen and oxygen atoms in total. The highest BCUT2D eigenvalue weighted by atomic mass is 32.2. The zero-order valence-corrected chi connectivity index (χ0v) is 34.6. The molecule has 0 unspecified atom stereocenters. The number of benzene rings is 2. The number of aliphatic imine (C=N–C) groups is 1. The van der Waals surface area contributed by atoms with E-state index in [1.165, 1.54) is 69.5 Å². The molecule has 2 aromatic carbocycles. The molecule has 0 N–H and O–H groups in total. The van der Waals surface area contributed by atoms with Crippen LogP contribution in [0.1, 0.15) is 129 Å². The molecule has 0 fully saturated rings. The first-order chi connectivity index (χ1) is 25.9. The predicted molar refractivity (Wildman–Crippen MR) is 229 cm³/mol. The molecule has 2 aliphatic rings. The van der Waals surface area contributed by atoms with Gasteiger partial charge in [-0.15, -0.1) is 11.3 Å². The van der Waals surface area contributed by atoms with Crippen LogP contribution in [-0.2, 0) is 4.79 Å². The van der Waals surface area contributed by atoms with Gasteiger partial charge in [-0.05, 0) is 31.4 Å². The number of nitrogens with zero attached hydrogens (tertiary/aromatic N) is 3. The third-order valence-corrected chi connectivity index (χ3v) is 12.9. The van der Waals surface area contributed by atoms with Crippen molar-refractivity contribution in [1.82, 2.24) is 0 Å². The Kier molecular flexibility index (Phi) is 16.1. The average molecular weight is 752 g/mol. The molecule has 1 aliphatic heterocycles. The highest BCUT2D eigenvalue weighted by molar-refractivity contribution is 8.19. The fraction of sp³-hybridized carbons (Fsp3) is 0.500. The zero-order chi connectivity index (χ0) is 37.6. The van der Waals surface area contributed by atoms with E-state index in [0.29, 0.717) is 10.6 Å². The fourth-order valence-electron chi connectivity index (χ4n) is 7.36. The summed E-state index contributed by atoms with van der Waals surface area (Å²) in [5.41, 5.74) is 5.68. The Hall–Kier alpha value is -3.42. The molecule has 0 bridgehead atoms. The molecular formula is C46H61N3O2S2. The van der Waals surface area contributed by atoms with E-state index in [-0.39, 0.29) is 17.1 Å². The molecule has 7 heteroatoms. The molecular weight excluding hydrogens is 691 g/mol. The first kappa shape index (κ1) is 40.8. The third-order valence-electron chi connectivity index (χ3n) is 10.4. The minimum Gasteiger partial charge on any atom is -0.871 e. The van der Waals surface area contributed by atoms with Gasteiger partial charge in [0.1, 0.15) is 28.8 Å². The molecule has 3 aromatic rings. The lowest BCUT2D eigenvalue weighted by atomic mass is 9.84. The number of hydrogen-bond donors (Lipinski definition) is 0. The molecule has 0 saturated carbocycles. The summed E-state index contributed by atoms with van der Waals surface area (Å²) in [5.74, 6) is -0.349. The van der Waals surface area contributed by atoms with Gasteiger partial charge in [0, 0.05) is 64.8 Å². The molecule has 0 amide bonds. The van der Waals surface area contributed by atoms with Crippen LogP contribution >= 0.6 is 23.1 Å². The Morgan fingerprint density at radius 1 is 0.679 bits per heavy atom. The summed E-state index contributed by atoms with van der Waals surface area (Å²) in [6.45, 7) is 14.7. The van der Waals surface area contributed by atoms with E-state index in [1.54, 1.807) is 11.3 Å². The van der Waals surface area contributed by atoms with Crippen molar-refractivity contribution >= 4 is 50.2 Å². The summed E-state index contributed by atoms with van der Waals surface area (Å²) < 4.78 is 2.40. The topological polar surface area (TPSA) is 58.7 Å². The van der Waals surface area contributed by atoms with Gasteiger partial charge in [-0.3, -0.25) is 4.79 Å². The van der Waals surface area contributed by atoms with E-state index in [9.17, 15) is 9.90 Å². The van der Waals surface area contributed by atoms with Crippen LogP contribution in [0.4, 0.5) is 5.00 Å². The van der Waals surface area contributed by atoms with Crippen LogP contribution in [0.25, 0.3) is 27.8 Å². The first-order valence-corrected chi connectivity index (χ1v) is 22.2. The van der Waals surface area contributed by atoms with Crippen LogP contribution in [-0.4, -0.2) is 47.3 Å². The van der Waals surface area contributed by atoms with Crippen molar-refractivity contribution in [1.29, 1.82) is 0 Å². The summed E-state index contributed by atoms with van der Waals surface area (Å²) in [6.07, 6.45) is 17.5. The van der Waals surface area contributed by atoms with Gasteiger partial charge in [0.05, 0.1) is 0 Å². The van der Waals surface area contributed by atoms with Crippen molar-refractivity contribution < 1.29 is 14.5 Å². The first-order valence-electron chi connectivity index (χ1n) is 20.5. The second-order valence-electron chi connectivity index (χ2n) is 14.5. The number of carbonyl (C=O) groups excluding carboxylic acids is 1. The van der Waals surface area contributed by atoms with Crippen LogP contribution in [0.3, 0.4) is 0 Å². The number of anilines is 1. The molecule has 0 atom stereocenters. The summed E-state index contributed by atoms with van der Waals surface area (Å²) >= 11 is 3.13. The van der Waals surface area contributed by atoms with Crippen LogP contribution in [0, 0.1) is 0 Å². The minimum atomic E-state index is -0.175. The van der Waals surface area contributed by atoms with E-state index >= 15 is 0 Å². The van der Waals surface area contributed by atoms with E-state index in [1.807, 2.05) is 31.2 Å². The zero-order valence-electron chi connectivity index (χ0n) is 33.0.